The zero-order valence-electron chi connectivity index (χ0n) is 11.4. The Morgan fingerprint density at radius 1 is 1.50 bits per heavy atom. The van der Waals surface area contributed by atoms with Crippen LogP contribution in [-0.2, 0) is 0 Å². The predicted molar refractivity (Wildman–Crippen MR) is 76.9 cm³/mol. The Labute approximate surface area is 117 Å². The molecule has 1 fully saturated rings. The lowest BCUT2D eigenvalue weighted by molar-refractivity contribution is 0.285. The zero-order chi connectivity index (χ0) is 13.3. The molecule has 2 rings (SSSR count). The minimum absolute atomic E-state index is 0.182. The van der Waals surface area contributed by atoms with Gasteiger partial charge in [0.25, 0.3) is 0 Å². The van der Waals surface area contributed by atoms with E-state index in [1.165, 1.54) is 25.0 Å². The van der Waals surface area contributed by atoms with Crippen LogP contribution in [0.1, 0.15) is 57.8 Å². The van der Waals surface area contributed by atoms with Gasteiger partial charge in [-0.15, -0.1) is 0 Å². The first-order valence-corrected chi connectivity index (χ1v) is 7.54. The van der Waals surface area contributed by atoms with Gasteiger partial charge >= 0.3 is 0 Å². The lowest BCUT2D eigenvalue weighted by Crippen LogP contribution is -2.36. The first-order valence-electron chi connectivity index (χ1n) is 6.75. The first kappa shape index (κ1) is 14.0. The molecule has 0 amide bonds. The van der Waals surface area contributed by atoms with Crippen molar-refractivity contribution in [2.24, 2.45) is 17.7 Å². The SMILES string of the molecule is CC1CCCC1C(NN)c1c(Br)cnn1C(C)C. The molecule has 0 radical (unpaired) electrons. The molecule has 1 heterocycles. The maximum absolute atomic E-state index is 5.83. The Morgan fingerprint density at radius 3 is 2.72 bits per heavy atom. The third-order valence-electron chi connectivity index (χ3n) is 4.11. The van der Waals surface area contributed by atoms with Crippen LogP contribution in [0.25, 0.3) is 0 Å². The number of hydrogen-bond donors (Lipinski definition) is 2. The normalized spacial score (nSPS) is 25.9. The third kappa shape index (κ3) is 2.49. The molecule has 1 aromatic heterocycles. The number of nitrogens with one attached hydrogen (secondary N) is 1. The largest absolute Gasteiger partial charge is 0.271 e. The molecule has 0 aliphatic heterocycles. The van der Waals surface area contributed by atoms with Gasteiger partial charge in [0.15, 0.2) is 0 Å². The number of rotatable bonds is 4. The molecule has 1 aliphatic rings. The molecule has 0 bridgehead atoms. The van der Waals surface area contributed by atoms with Crippen molar-refractivity contribution in [2.45, 2.75) is 52.1 Å². The van der Waals surface area contributed by atoms with Crippen LogP contribution in [0.2, 0.25) is 0 Å². The fourth-order valence-electron chi connectivity index (χ4n) is 3.13. The number of nitrogens with zero attached hydrogens (tertiary/aromatic N) is 2. The van der Waals surface area contributed by atoms with Crippen LogP contribution in [0.15, 0.2) is 10.7 Å². The summed E-state index contributed by atoms with van der Waals surface area (Å²) in [5.41, 5.74) is 4.21. The van der Waals surface area contributed by atoms with Gasteiger partial charge in [0.1, 0.15) is 0 Å². The summed E-state index contributed by atoms with van der Waals surface area (Å²) in [6.07, 6.45) is 5.72. The molecule has 5 heteroatoms. The van der Waals surface area contributed by atoms with E-state index in [1.54, 1.807) is 0 Å². The van der Waals surface area contributed by atoms with Crippen LogP contribution in [0.5, 0.6) is 0 Å². The minimum atomic E-state index is 0.182. The number of hydrazine groups is 1. The highest BCUT2D eigenvalue weighted by atomic mass is 79.9. The van der Waals surface area contributed by atoms with Crippen LogP contribution < -0.4 is 11.3 Å². The number of nitrogens with two attached hydrogens (primary N) is 1. The van der Waals surface area contributed by atoms with E-state index in [2.05, 4.69) is 51.9 Å². The van der Waals surface area contributed by atoms with E-state index in [0.717, 1.165) is 4.47 Å². The zero-order valence-corrected chi connectivity index (χ0v) is 12.9. The lowest BCUT2D eigenvalue weighted by atomic mass is 9.88. The van der Waals surface area contributed by atoms with E-state index < -0.39 is 0 Å². The summed E-state index contributed by atoms with van der Waals surface area (Å²) in [6, 6.07) is 0.528. The van der Waals surface area contributed by atoms with Crippen LogP contribution in [0, 0.1) is 11.8 Å². The maximum Gasteiger partial charge on any atom is 0.0715 e. The molecule has 3 unspecified atom stereocenters. The summed E-state index contributed by atoms with van der Waals surface area (Å²) < 4.78 is 3.12. The summed E-state index contributed by atoms with van der Waals surface area (Å²) in [5, 5.41) is 4.45. The van der Waals surface area contributed by atoms with Crippen molar-refractivity contribution in [3.63, 3.8) is 0 Å². The molecule has 102 valence electrons. The molecule has 0 saturated heterocycles. The van der Waals surface area contributed by atoms with Gasteiger partial charge in [0.05, 0.1) is 22.4 Å². The quantitative estimate of drug-likeness (QED) is 0.663. The van der Waals surface area contributed by atoms with E-state index in [0.29, 0.717) is 17.9 Å². The van der Waals surface area contributed by atoms with E-state index in [4.69, 9.17) is 5.84 Å². The predicted octanol–water partition coefficient (Wildman–Crippen LogP) is 3.17. The molecule has 0 aromatic carbocycles. The van der Waals surface area contributed by atoms with Crippen LogP contribution in [0.3, 0.4) is 0 Å². The maximum atomic E-state index is 5.83. The number of aromatic nitrogens is 2. The Morgan fingerprint density at radius 2 is 2.22 bits per heavy atom. The van der Waals surface area contributed by atoms with Crippen LogP contribution >= 0.6 is 15.9 Å². The summed E-state index contributed by atoms with van der Waals surface area (Å²) >= 11 is 3.62. The molecule has 4 nitrogen and oxygen atoms in total. The second-order valence-corrected chi connectivity index (χ2v) is 6.49. The van der Waals surface area contributed by atoms with Gasteiger partial charge in [-0.3, -0.25) is 16.0 Å². The van der Waals surface area contributed by atoms with Gasteiger partial charge in [0, 0.05) is 6.04 Å². The van der Waals surface area contributed by atoms with Crippen molar-refractivity contribution in [3.8, 4) is 0 Å². The Balaban J connectivity index is 2.35. The molecule has 1 saturated carbocycles. The second-order valence-electron chi connectivity index (χ2n) is 5.63. The van der Waals surface area contributed by atoms with Gasteiger partial charge in [-0.05, 0) is 48.0 Å². The highest BCUT2D eigenvalue weighted by Gasteiger charge is 2.34. The summed E-state index contributed by atoms with van der Waals surface area (Å²) in [5.74, 6) is 7.15. The number of halogens is 1. The molecule has 3 N–H and O–H groups in total. The van der Waals surface area contributed by atoms with Gasteiger partial charge in [-0.1, -0.05) is 19.8 Å². The van der Waals surface area contributed by atoms with Crippen molar-refractivity contribution in [3.05, 3.63) is 16.4 Å². The smallest absolute Gasteiger partial charge is 0.0715 e. The minimum Gasteiger partial charge on any atom is -0.271 e. The topological polar surface area (TPSA) is 55.9 Å². The molecule has 18 heavy (non-hydrogen) atoms. The van der Waals surface area contributed by atoms with E-state index in [1.807, 2.05) is 6.20 Å². The Hall–Kier alpha value is -0.390. The molecule has 1 aliphatic carbocycles. The van der Waals surface area contributed by atoms with Crippen molar-refractivity contribution in [1.29, 1.82) is 0 Å². The van der Waals surface area contributed by atoms with Gasteiger partial charge in [-0.2, -0.15) is 5.10 Å². The third-order valence-corrected chi connectivity index (χ3v) is 4.72. The standard InChI is InChI=1S/C13H23BrN4/c1-8(2)18-13(11(14)7-16-18)12(17-15)10-6-4-5-9(10)3/h7-10,12,17H,4-6,15H2,1-3H3. The van der Waals surface area contributed by atoms with Crippen LogP contribution in [-0.4, -0.2) is 9.78 Å². The first-order chi connectivity index (χ1) is 8.56. The average molecular weight is 315 g/mol. The molecule has 1 aromatic rings. The van der Waals surface area contributed by atoms with E-state index >= 15 is 0 Å². The Bertz CT molecular complexity index is 402. The fourth-order valence-corrected chi connectivity index (χ4v) is 3.65. The lowest BCUT2D eigenvalue weighted by Gasteiger charge is -2.28. The molecular weight excluding hydrogens is 292 g/mol. The summed E-state index contributed by atoms with van der Waals surface area (Å²) in [7, 11) is 0. The highest BCUT2D eigenvalue weighted by Crippen LogP contribution is 2.41. The monoisotopic (exact) mass is 314 g/mol. The van der Waals surface area contributed by atoms with Gasteiger partial charge in [-0.25, -0.2) is 0 Å². The molecule has 0 spiro atoms. The second kappa shape index (κ2) is 5.72. The molecule has 3 atom stereocenters. The van der Waals surface area contributed by atoms with Gasteiger partial charge < -0.3 is 0 Å². The molecular formula is C13H23BrN4. The Kier molecular flexibility index (Phi) is 4.45. The van der Waals surface area contributed by atoms with Crippen LogP contribution in [0.4, 0.5) is 0 Å². The average Bonchev–Trinajstić information content (AvgIpc) is 2.89. The summed E-state index contributed by atoms with van der Waals surface area (Å²) in [4.78, 5) is 0. The van der Waals surface area contributed by atoms with E-state index in [-0.39, 0.29) is 6.04 Å². The van der Waals surface area contributed by atoms with E-state index in [9.17, 15) is 0 Å². The van der Waals surface area contributed by atoms with Crippen molar-refractivity contribution >= 4 is 15.9 Å². The van der Waals surface area contributed by atoms with Gasteiger partial charge in [0.2, 0.25) is 0 Å². The van der Waals surface area contributed by atoms with Crippen molar-refractivity contribution < 1.29 is 0 Å². The number of hydrogen-bond acceptors (Lipinski definition) is 3. The van der Waals surface area contributed by atoms with Crippen molar-refractivity contribution in [1.82, 2.24) is 15.2 Å². The summed E-state index contributed by atoms with van der Waals surface area (Å²) in [6.45, 7) is 6.62. The fraction of sp³-hybridized carbons (Fsp3) is 0.769. The van der Waals surface area contributed by atoms with Crippen molar-refractivity contribution in [2.75, 3.05) is 0 Å². The highest BCUT2D eigenvalue weighted by molar-refractivity contribution is 9.10.